The van der Waals surface area contributed by atoms with Crippen LogP contribution in [0.2, 0.25) is 0 Å². The third-order valence-corrected chi connectivity index (χ3v) is 5.66. The number of hydrogen-bond acceptors (Lipinski definition) is 3. The molecule has 0 fully saturated rings. The van der Waals surface area contributed by atoms with Gasteiger partial charge in [-0.3, -0.25) is 14.5 Å². The molecule has 0 aromatic heterocycles. The van der Waals surface area contributed by atoms with Crippen molar-refractivity contribution in [3.63, 3.8) is 0 Å². The molecule has 1 atom stereocenters. The molecule has 1 aliphatic rings. The second-order valence-electron chi connectivity index (χ2n) is 7.80. The molecule has 5 nitrogen and oxygen atoms in total. The molecule has 4 rings (SSSR count). The lowest BCUT2D eigenvalue weighted by Crippen LogP contribution is -2.44. The highest BCUT2D eigenvalue weighted by atomic mass is 16.3. The van der Waals surface area contributed by atoms with E-state index in [1.807, 2.05) is 51.1 Å². The summed E-state index contributed by atoms with van der Waals surface area (Å²) in [6.45, 7) is 5.62. The van der Waals surface area contributed by atoms with Gasteiger partial charge in [-0.2, -0.15) is 0 Å². The van der Waals surface area contributed by atoms with Crippen LogP contribution in [-0.2, 0) is 15.2 Å². The van der Waals surface area contributed by atoms with Gasteiger partial charge in [-0.05, 0) is 43.5 Å². The van der Waals surface area contributed by atoms with Crippen LogP contribution in [0.15, 0.2) is 66.7 Å². The Labute approximate surface area is 176 Å². The fourth-order valence-electron chi connectivity index (χ4n) is 4.00. The molecule has 1 unspecified atom stereocenters. The minimum Gasteiger partial charge on any atom is -0.372 e. The molecule has 0 spiro atoms. The predicted octanol–water partition coefficient (Wildman–Crippen LogP) is 3.83. The standard InChI is InChI=1S/C25H24N2O3/c1-16-11-13-19(14-12-16)25(30)20-9-4-5-10-21(20)27(24(25)29)15-22(28)26-23-17(2)7-6-8-18(23)3/h4-14,30H,15H2,1-3H3,(H,26,28). The van der Waals surface area contributed by atoms with Crippen molar-refractivity contribution < 1.29 is 14.7 Å². The Kier molecular flexibility index (Phi) is 4.92. The second-order valence-corrected chi connectivity index (χ2v) is 7.80. The third-order valence-electron chi connectivity index (χ3n) is 5.66. The molecular formula is C25H24N2O3. The van der Waals surface area contributed by atoms with E-state index in [0.717, 1.165) is 22.4 Å². The summed E-state index contributed by atoms with van der Waals surface area (Å²) in [5.41, 5.74) is 3.38. The Morgan fingerprint density at radius 2 is 1.57 bits per heavy atom. The minimum atomic E-state index is -1.82. The fourth-order valence-corrected chi connectivity index (χ4v) is 4.00. The molecule has 3 aromatic rings. The monoisotopic (exact) mass is 400 g/mol. The topological polar surface area (TPSA) is 69.6 Å². The van der Waals surface area contributed by atoms with Crippen LogP contribution < -0.4 is 10.2 Å². The lowest BCUT2D eigenvalue weighted by molar-refractivity contribution is -0.133. The Bertz CT molecular complexity index is 1120. The van der Waals surface area contributed by atoms with Crippen molar-refractivity contribution in [1.82, 2.24) is 0 Å². The van der Waals surface area contributed by atoms with Gasteiger partial charge in [0, 0.05) is 11.3 Å². The highest BCUT2D eigenvalue weighted by molar-refractivity contribution is 6.12. The zero-order valence-corrected chi connectivity index (χ0v) is 17.3. The van der Waals surface area contributed by atoms with Gasteiger partial charge in [0.25, 0.3) is 5.91 Å². The van der Waals surface area contributed by atoms with E-state index < -0.39 is 11.5 Å². The normalized spacial score (nSPS) is 17.7. The highest BCUT2D eigenvalue weighted by Gasteiger charge is 2.51. The van der Waals surface area contributed by atoms with Crippen molar-refractivity contribution in [2.24, 2.45) is 0 Å². The first kappa shape index (κ1) is 19.9. The second kappa shape index (κ2) is 7.43. The zero-order valence-electron chi connectivity index (χ0n) is 17.3. The maximum absolute atomic E-state index is 13.4. The Morgan fingerprint density at radius 1 is 0.933 bits per heavy atom. The van der Waals surface area contributed by atoms with Gasteiger partial charge in [-0.15, -0.1) is 0 Å². The number of benzene rings is 3. The van der Waals surface area contributed by atoms with E-state index in [-0.39, 0.29) is 12.5 Å². The van der Waals surface area contributed by atoms with Crippen LogP contribution in [0.3, 0.4) is 0 Å². The molecule has 2 N–H and O–H groups in total. The van der Waals surface area contributed by atoms with E-state index in [0.29, 0.717) is 16.8 Å². The molecule has 3 aromatic carbocycles. The zero-order chi connectivity index (χ0) is 21.5. The third kappa shape index (κ3) is 3.17. The van der Waals surface area contributed by atoms with Gasteiger partial charge in [0.05, 0.1) is 5.69 Å². The summed E-state index contributed by atoms with van der Waals surface area (Å²) in [6.07, 6.45) is 0. The summed E-state index contributed by atoms with van der Waals surface area (Å²) in [5, 5.41) is 14.4. The van der Waals surface area contributed by atoms with E-state index in [4.69, 9.17) is 0 Å². The minimum absolute atomic E-state index is 0.183. The van der Waals surface area contributed by atoms with Gasteiger partial charge in [0.1, 0.15) is 6.54 Å². The summed E-state index contributed by atoms with van der Waals surface area (Å²) in [6, 6.07) is 20.1. The molecule has 0 bridgehead atoms. The van der Waals surface area contributed by atoms with Gasteiger partial charge >= 0.3 is 0 Å². The number of para-hydroxylation sites is 2. The van der Waals surface area contributed by atoms with Crippen LogP contribution in [-0.4, -0.2) is 23.5 Å². The molecule has 30 heavy (non-hydrogen) atoms. The molecule has 0 saturated heterocycles. The van der Waals surface area contributed by atoms with Crippen molar-refractivity contribution >= 4 is 23.2 Å². The van der Waals surface area contributed by atoms with Crippen LogP contribution in [0.5, 0.6) is 0 Å². The summed E-state index contributed by atoms with van der Waals surface area (Å²) in [4.78, 5) is 27.6. The summed E-state index contributed by atoms with van der Waals surface area (Å²) >= 11 is 0. The van der Waals surface area contributed by atoms with E-state index >= 15 is 0 Å². The highest BCUT2D eigenvalue weighted by Crippen LogP contribution is 2.44. The van der Waals surface area contributed by atoms with E-state index in [1.54, 1.807) is 36.4 Å². The molecule has 5 heteroatoms. The predicted molar refractivity (Wildman–Crippen MR) is 118 cm³/mol. The summed E-state index contributed by atoms with van der Waals surface area (Å²) < 4.78 is 0. The first-order valence-corrected chi connectivity index (χ1v) is 9.89. The number of hydrogen-bond donors (Lipinski definition) is 2. The summed E-state index contributed by atoms with van der Waals surface area (Å²) in [5.74, 6) is -0.840. The smallest absolute Gasteiger partial charge is 0.268 e. The van der Waals surface area contributed by atoms with Gasteiger partial charge in [0.15, 0.2) is 5.60 Å². The summed E-state index contributed by atoms with van der Waals surface area (Å²) in [7, 11) is 0. The Hall–Kier alpha value is -3.44. The van der Waals surface area contributed by atoms with Crippen LogP contribution in [0, 0.1) is 20.8 Å². The Balaban J connectivity index is 1.67. The van der Waals surface area contributed by atoms with E-state index in [9.17, 15) is 14.7 Å². The molecule has 152 valence electrons. The van der Waals surface area contributed by atoms with Gasteiger partial charge in [-0.1, -0.05) is 66.2 Å². The average molecular weight is 400 g/mol. The first-order chi connectivity index (χ1) is 14.3. The van der Waals surface area contributed by atoms with Crippen LogP contribution in [0.1, 0.15) is 27.8 Å². The number of nitrogens with zero attached hydrogens (tertiary/aromatic N) is 1. The molecular weight excluding hydrogens is 376 g/mol. The molecule has 1 aliphatic heterocycles. The van der Waals surface area contributed by atoms with Crippen LogP contribution in [0.4, 0.5) is 11.4 Å². The van der Waals surface area contributed by atoms with E-state index in [2.05, 4.69) is 5.32 Å². The first-order valence-electron chi connectivity index (χ1n) is 9.89. The van der Waals surface area contributed by atoms with Gasteiger partial charge < -0.3 is 10.4 Å². The van der Waals surface area contributed by atoms with Crippen molar-refractivity contribution in [2.45, 2.75) is 26.4 Å². The average Bonchev–Trinajstić information content (AvgIpc) is 2.94. The number of carbonyl (C=O) groups is 2. The number of fused-ring (bicyclic) bond motifs is 1. The van der Waals surface area contributed by atoms with E-state index in [1.165, 1.54) is 4.90 Å². The lowest BCUT2D eigenvalue weighted by Gasteiger charge is -2.24. The number of anilines is 2. The van der Waals surface area contributed by atoms with Crippen LogP contribution in [0.25, 0.3) is 0 Å². The van der Waals surface area contributed by atoms with Crippen LogP contribution >= 0.6 is 0 Å². The lowest BCUT2D eigenvalue weighted by atomic mass is 9.87. The quantitative estimate of drug-likeness (QED) is 0.699. The number of aryl methyl sites for hydroxylation is 3. The Morgan fingerprint density at radius 3 is 2.23 bits per heavy atom. The largest absolute Gasteiger partial charge is 0.372 e. The van der Waals surface area contributed by atoms with Crippen molar-refractivity contribution in [2.75, 3.05) is 16.8 Å². The molecule has 0 aliphatic carbocycles. The van der Waals surface area contributed by atoms with Gasteiger partial charge in [-0.25, -0.2) is 0 Å². The number of carbonyl (C=O) groups excluding carboxylic acids is 2. The maximum Gasteiger partial charge on any atom is 0.268 e. The number of nitrogens with one attached hydrogen (secondary N) is 1. The number of aliphatic hydroxyl groups is 1. The maximum atomic E-state index is 13.4. The number of rotatable bonds is 4. The molecule has 1 heterocycles. The SMILES string of the molecule is Cc1ccc(C2(O)C(=O)N(CC(=O)Nc3c(C)cccc3C)c3ccccc32)cc1. The van der Waals surface area contributed by atoms with Crippen molar-refractivity contribution in [1.29, 1.82) is 0 Å². The molecule has 2 amide bonds. The molecule has 0 saturated carbocycles. The fraction of sp³-hybridized carbons (Fsp3) is 0.200. The van der Waals surface area contributed by atoms with Crippen molar-refractivity contribution in [3.05, 3.63) is 94.5 Å². The molecule has 0 radical (unpaired) electrons. The van der Waals surface area contributed by atoms with Gasteiger partial charge in [0.2, 0.25) is 5.91 Å². The number of amides is 2. The van der Waals surface area contributed by atoms with Crippen molar-refractivity contribution in [3.8, 4) is 0 Å².